The topological polar surface area (TPSA) is 0 Å². The number of thiophene rings is 1. The summed E-state index contributed by atoms with van der Waals surface area (Å²) in [4.78, 5) is 2.31. The second-order valence-electron chi connectivity index (χ2n) is 3.97. The maximum Gasteiger partial charge on any atom is 0.124 e. The first-order chi connectivity index (χ1) is 7.97. The molecule has 0 saturated carbocycles. The van der Waals surface area contributed by atoms with Crippen molar-refractivity contribution in [2.75, 3.05) is 0 Å². The summed E-state index contributed by atoms with van der Waals surface area (Å²) in [5.74, 6) is -0.272. The number of aryl methyl sites for hydroxylation is 2. The predicted octanol–water partition coefficient (Wildman–Crippen LogP) is 5.59. The summed E-state index contributed by atoms with van der Waals surface area (Å²) in [6.07, 6.45) is 0. The highest BCUT2D eigenvalue weighted by molar-refractivity contribution is 9.10. The van der Waals surface area contributed by atoms with E-state index in [1.807, 2.05) is 19.9 Å². The van der Waals surface area contributed by atoms with Gasteiger partial charge in [0.05, 0.1) is 5.38 Å². The Labute approximate surface area is 118 Å². The van der Waals surface area contributed by atoms with Gasteiger partial charge in [-0.2, -0.15) is 0 Å². The Morgan fingerprint density at radius 1 is 1.24 bits per heavy atom. The molecule has 90 valence electrons. The highest BCUT2D eigenvalue weighted by Gasteiger charge is 2.17. The number of alkyl halides is 1. The van der Waals surface area contributed by atoms with Crippen LogP contribution in [-0.2, 0) is 0 Å². The summed E-state index contributed by atoms with van der Waals surface area (Å²) in [5, 5.41) is -0.291. The third-order valence-electron chi connectivity index (χ3n) is 2.49. The molecular weight excluding hydrogens is 323 g/mol. The Morgan fingerprint density at radius 3 is 2.47 bits per heavy atom. The van der Waals surface area contributed by atoms with E-state index in [9.17, 15) is 4.39 Å². The molecule has 0 bridgehead atoms. The third kappa shape index (κ3) is 2.90. The number of benzene rings is 1. The molecule has 0 amide bonds. The van der Waals surface area contributed by atoms with Gasteiger partial charge in [0.25, 0.3) is 0 Å². The van der Waals surface area contributed by atoms with Crippen LogP contribution in [0.5, 0.6) is 0 Å². The summed E-state index contributed by atoms with van der Waals surface area (Å²) in [6.45, 7) is 4.08. The first-order valence-electron chi connectivity index (χ1n) is 5.14. The van der Waals surface area contributed by atoms with E-state index in [1.165, 1.54) is 17.0 Å². The normalized spacial score (nSPS) is 12.8. The third-order valence-corrected chi connectivity index (χ3v) is 4.76. The van der Waals surface area contributed by atoms with Gasteiger partial charge in [0, 0.05) is 14.2 Å². The largest absolute Gasteiger partial charge is 0.207 e. The van der Waals surface area contributed by atoms with Crippen molar-refractivity contribution < 1.29 is 4.39 Å². The predicted molar refractivity (Wildman–Crippen MR) is 75.6 cm³/mol. The van der Waals surface area contributed by atoms with E-state index in [4.69, 9.17) is 11.6 Å². The molecule has 0 N–H and O–H groups in total. The molecule has 1 aromatic carbocycles. The molecule has 0 nitrogen and oxygen atoms in total. The van der Waals surface area contributed by atoms with Crippen LogP contribution >= 0.6 is 38.9 Å². The van der Waals surface area contributed by atoms with E-state index in [2.05, 4.69) is 22.0 Å². The van der Waals surface area contributed by atoms with Crippen LogP contribution in [0.2, 0.25) is 0 Å². The molecule has 0 aliphatic heterocycles. The fraction of sp³-hybridized carbons (Fsp3) is 0.231. The van der Waals surface area contributed by atoms with Crippen molar-refractivity contribution in [3.63, 3.8) is 0 Å². The van der Waals surface area contributed by atoms with Crippen molar-refractivity contribution in [3.05, 3.63) is 55.4 Å². The molecule has 0 radical (unpaired) electrons. The minimum absolute atomic E-state index is 0.272. The van der Waals surface area contributed by atoms with Gasteiger partial charge in [-0.05, 0) is 49.2 Å². The average molecular weight is 334 g/mol. The monoisotopic (exact) mass is 332 g/mol. The Balaban J connectivity index is 2.43. The molecule has 4 heteroatoms. The molecular formula is C13H11BrClFS. The minimum atomic E-state index is -0.291. The van der Waals surface area contributed by atoms with Crippen LogP contribution in [0.1, 0.15) is 26.3 Å². The lowest BCUT2D eigenvalue weighted by Crippen LogP contribution is -1.93. The van der Waals surface area contributed by atoms with E-state index in [0.29, 0.717) is 4.47 Å². The van der Waals surface area contributed by atoms with Crippen molar-refractivity contribution >= 4 is 38.9 Å². The van der Waals surface area contributed by atoms with Gasteiger partial charge < -0.3 is 0 Å². The molecule has 0 saturated heterocycles. The first kappa shape index (κ1) is 13.1. The summed E-state index contributed by atoms with van der Waals surface area (Å²) in [5.41, 5.74) is 1.94. The summed E-state index contributed by atoms with van der Waals surface area (Å²) < 4.78 is 14.0. The zero-order valence-electron chi connectivity index (χ0n) is 9.43. The van der Waals surface area contributed by atoms with Crippen LogP contribution < -0.4 is 0 Å². The molecule has 0 fully saturated rings. The molecule has 0 aliphatic rings. The van der Waals surface area contributed by atoms with E-state index >= 15 is 0 Å². The van der Waals surface area contributed by atoms with Crippen LogP contribution in [0.4, 0.5) is 4.39 Å². The van der Waals surface area contributed by atoms with E-state index < -0.39 is 0 Å². The van der Waals surface area contributed by atoms with Crippen LogP contribution in [0.15, 0.2) is 28.7 Å². The second kappa shape index (κ2) is 5.09. The average Bonchev–Trinajstić information content (AvgIpc) is 2.55. The smallest absolute Gasteiger partial charge is 0.124 e. The van der Waals surface area contributed by atoms with Gasteiger partial charge in [0.15, 0.2) is 0 Å². The molecule has 0 aliphatic carbocycles. The SMILES string of the molecule is Cc1cc(C)c(C(Cl)c2cc(F)cc(Br)c2)s1. The maximum atomic E-state index is 13.3. The number of hydrogen-bond acceptors (Lipinski definition) is 1. The van der Waals surface area contributed by atoms with Gasteiger partial charge in [-0.15, -0.1) is 22.9 Å². The lowest BCUT2D eigenvalue weighted by Gasteiger charge is -2.10. The number of rotatable bonds is 2. The Kier molecular flexibility index (Phi) is 3.91. The Bertz CT molecular complexity index is 530. The van der Waals surface area contributed by atoms with Crippen LogP contribution in [-0.4, -0.2) is 0 Å². The highest BCUT2D eigenvalue weighted by Crippen LogP contribution is 2.37. The summed E-state index contributed by atoms with van der Waals surface area (Å²) in [7, 11) is 0. The van der Waals surface area contributed by atoms with Gasteiger partial charge in [-0.25, -0.2) is 4.39 Å². The second-order valence-corrected chi connectivity index (χ2v) is 6.61. The Hall–Kier alpha value is -0.380. The van der Waals surface area contributed by atoms with Crippen molar-refractivity contribution in [2.45, 2.75) is 19.2 Å². The molecule has 17 heavy (non-hydrogen) atoms. The van der Waals surface area contributed by atoms with Crippen molar-refractivity contribution in [3.8, 4) is 0 Å². The molecule has 1 aromatic heterocycles. The zero-order valence-corrected chi connectivity index (χ0v) is 12.6. The molecule has 1 atom stereocenters. The molecule has 0 spiro atoms. The molecule has 1 heterocycles. The van der Waals surface area contributed by atoms with Gasteiger partial charge in [-0.1, -0.05) is 15.9 Å². The van der Waals surface area contributed by atoms with Crippen molar-refractivity contribution in [1.82, 2.24) is 0 Å². The van der Waals surface area contributed by atoms with E-state index in [0.717, 1.165) is 16.0 Å². The van der Waals surface area contributed by atoms with Gasteiger partial charge in [0.2, 0.25) is 0 Å². The number of hydrogen-bond donors (Lipinski definition) is 0. The maximum absolute atomic E-state index is 13.3. The molecule has 1 unspecified atom stereocenters. The molecule has 2 aromatic rings. The fourth-order valence-corrected chi connectivity index (χ4v) is 3.74. The van der Waals surface area contributed by atoms with Crippen LogP contribution in [0.3, 0.4) is 0 Å². The lowest BCUT2D eigenvalue weighted by atomic mass is 10.1. The van der Waals surface area contributed by atoms with E-state index in [-0.39, 0.29) is 11.2 Å². The van der Waals surface area contributed by atoms with Gasteiger partial charge in [-0.3, -0.25) is 0 Å². The number of halogens is 3. The quantitative estimate of drug-likeness (QED) is 0.628. The standard InChI is InChI=1S/C13H11BrClFS/c1-7-3-8(2)17-13(7)12(15)9-4-10(14)6-11(16)5-9/h3-6,12H,1-2H3. The van der Waals surface area contributed by atoms with Crippen LogP contribution in [0.25, 0.3) is 0 Å². The highest BCUT2D eigenvalue weighted by atomic mass is 79.9. The van der Waals surface area contributed by atoms with E-state index in [1.54, 1.807) is 11.3 Å². The van der Waals surface area contributed by atoms with Gasteiger partial charge >= 0.3 is 0 Å². The van der Waals surface area contributed by atoms with Crippen molar-refractivity contribution in [2.24, 2.45) is 0 Å². The summed E-state index contributed by atoms with van der Waals surface area (Å²) >= 11 is 11.4. The first-order valence-corrected chi connectivity index (χ1v) is 7.19. The fourth-order valence-electron chi connectivity index (χ4n) is 1.78. The lowest BCUT2D eigenvalue weighted by molar-refractivity contribution is 0.625. The zero-order chi connectivity index (χ0) is 12.6. The van der Waals surface area contributed by atoms with Gasteiger partial charge in [0.1, 0.15) is 5.82 Å². The van der Waals surface area contributed by atoms with Crippen LogP contribution in [0, 0.1) is 19.7 Å². The van der Waals surface area contributed by atoms with Crippen molar-refractivity contribution in [1.29, 1.82) is 0 Å². The Morgan fingerprint density at radius 2 is 1.94 bits per heavy atom. The molecule has 2 rings (SSSR count). The summed E-state index contributed by atoms with van der Waals surface area (Å²) in [6, 6.07) is 6.87. The minimum Gasteiger partial charge on any atom is -0.207 e.